The van der Waals surface area contributed by atoms with E-state index in [4.69, 9.17) is 0 Å². The minimum atomic E-state index is -0.526. The van der Waals surface area contributed by atoms with E-state index in [0.29, 0.717) is 33.4 Å². The lowest BCUT2D eigenvalue weighted by atomic mass is 9.79. The molecule has 0 spiro atoms. The lowest BCUT2D eigenvalue weighted by Crippen LogP contribution is -2.26. The van der Waals surface area contributed by atoms with Crippen molar-refractivity contribution in [2.45, 2.75) is 26.2 Å². The molecule has 25 heavy (non-hydrogen) atoms. The highest BCUT2D eigenvalue weighted by Gasteiger charge is 2.47. The zero-order chi connectivity index (χ0) is 18.1. The molecule has 0 radical (unpaired) electrons. The Labute approximate surface area is 152 Å². The number of carbonyl (C=O) groups excluding carboxylic acids is 1. The van der Waals surface area contributed by atoms with E-state index in [9.17, 15) is 14.0 Å². The fraction of sp³-hybridized carbons (Fsp3) is 0.333. The number of ketones is 1. The maximum Gasteiger partial charge on any atom is 0.270 e. The van der Waals surface area contributed by atoms with E-state index in [1.54, 1.807) is 23.9 Å². The Morgan fingerprint density at radius 3 is 2.72 bits per heavy atom. The molecule has 0 amide bonds. The van der Waals surface area contributed by atoms with Crippen LogP contribution in [0.5, 0.6) is 0 Å². The minimum Gasteiger partial charge on any atom is -0.343 e. The molecule has 0 bridgehead atoms. The Hall–Kier alpha value is -2.15. The number of nitrogens with zero attached hydrogens (tertiary/aromatic N) is 1. The normalized spacial score (nSPS) is 21.2. The first kappa shape index (κ1) is 16.3. The van der Waals surface area contributed by atoms with Crippen LogP contribution in [0, 0.1) is 11.2 Å². The van der Waals surface area contributed by atoms with Gasteiger partial charge in [-0.15, -0.1) is 0 Å². The van der Waals surface area contributed by atoms with Crippen LogP contribution in [-0.2, 0) is 11.8 Å². The quantitative estimate of drug-likeness (QED) is 0.763. The van der Waals surface area contributed by atoms with E-state index in [1.165, 1.54) is 6.07 Å². The largest absolute Gasteiger partial charge is 0.343 e. The van der Waals surface area contributed by atoms with Crippen molar-refractivity contribution in [2.75, 3.05) is 5.32 Å². The topological polar surface area (TPSA) is 66.9 Å². The van der Waals surface area contributed by atoms with Gasteiger partial charge in [0.1, 0.15) is 11.6 Å². The van der Waals surface area contributed by atoms with Crippen LogP contribution < -0.4 is 10.9 Å². The monoisotopic (exact) mass is 405 g/mol. The Bertz CT molecular complexity index is 1020. The highest BCUT2D eigenvalue weighted by Crippen LogP contribution is 2.50. The summed E-state index contributed by atoms with van der Waals surface area (Å²) in [7, 11) is 1.75. The van der Waals surface area contributed by atoms with Crippen LogP contribution in [0.2, 0.25) is 0 Å². The van der Waals surface area contributed by atoms with Gasteiger partial charge in [0.25, 0.3) is 5.56 Å². The van der Waals surface area contributed by atoms with Crippen LogP contribution in [0.25, 0.3) is 0 Å². The first-order valence-corrected chi connectivity index (χ1v) is 8.78. The first-order chi connectivity index (χ1) is 11.7. The predicted octanol–water partition coefficient (Wildman–Crippen LogP) is 3.43. The van der Waals surface area contributed by atoms with Crippen molar-refractivity contribution in [3.63, 3.8) is 0 Å². The van der Waals surface area contributed by atoms with Crippen molar-refractivity contribution in [3.8, 4) is 0 Å². The number of Topliss-reactive ketones (excluding diaryl/α,β-unsaturated/α-hetero) is 1. The predicted molar refractivity (Wildman–Crippen MR) is 96.0 cm³/mol. The maximum absolute atomic E-state index is 13.7. The SMILES string of the molecule is Cn1[nH]c(=O)c2c1NC1=C(C(=O)C(C)(C)C1)C2c1ccc(F)c(Br)c1. The lowest BCUT2D eigenvalue weighted by Gasteiger charge is -2.26. The highest BCUT2D eigenvalue weighted by molar-refractivity contribution is 9.10. The third-order valence-electron chi connectivity index (χ3n) is 5.03. The average molecular weight is 406 g/mol. The third-order valence-corrected chi connectivity index (χ3v) is 5.64. The Kier molecular flexibility index (Phi) is 3.38. The number of aryl methyl sites for hydroxylation is 1. The van der Waals surface area contributed by atoms with Crippen LogP contribution in [0.1, 0.15) is 37.3 Å². The lowest BCUT2D eigenvalue weighted by molar-refractivity contribution is -0.122. The van der Waals surface area contributed by atoms with Gasteiger partial charge >= 0.3 is 0 Å². The molecule has 2 N–H and O–H groups in total. The number of nitrogens with one attached hydrogen (secondary N) is 2. The van der Waals surface area contributed by atoms with Crippen LogP contribution in [0.4, 0.5) is 10.2 Å². The van der Waals surface area contributed by atoms with Crippen LogP contribution in [0.15, 0.2) is 38.7 Å². The number of hydrogen-bond acceptors (Lipinski definition) is 3. The number of H-pyrrole nitrogens is 1. The number of fused-ring (bicyclic) bond motifs is 1. The molecule has 1 unspecified atom stereocenters. The Morgan fingerprint density at radius 2 is 2.04 bits per heavy atom. The molecule has 1 atom stereocenters. The molecule has 1 aliphatic carbocycles. The van der Waals surface area contributed by atoms with E-state index in [-0.39, 0.29) is 17.2 Å². The molecule has 5 nitrogen and oxygen atoms in total. The summed E-state index contributed by atoms with van der Waals surface area (Å²) in [6.07, 6.45) is 0.582. The molecule has 2 aromatic rings. The molecule has 1 aromatic heterocycles. The van der Waals surface area contributed by atoms with Crippen LogP contribution in [-0.4, -0.2) is 15.6 Å². The van der Waals surface area contributed by atoms with Gasteiger partial charge in [-0.3, -0.25) is 19.4 Å². The molecule has 0 saturated carbocycles. The van der Waals surface area contributed by atoms with Gasteiger partial charge in [0.05, 0.1) is 10.0 Å². The fourth-order valence-electron chi connectivity index (χ4n) is 3.82. The summed E-state index contributed by atoms with van der Waals surface area (Å²) in [5, 5.41) is 6.01. The summed E-state index contributed by atoms with van der Waals surface area (Å²) in [5.41, 5.74) is 1.87. The summed E-state index contributed by atoms with van der Waals surface area (Å²) in [6, 6.07) is 4.63. The second-order valence-electron chi connectivity index (χ2n) is 7.28. The summed E-state index contributed by atoms with van der Waals surface area (Å²) in [6.45, 7) is 3.81. The summed E-state index contributed by atoms with van der Waals surface area (Å²) in [4.78, 5) is 25.6. The molecule has 0 fully saturated rings. The molecule has 2 heterocycles. The Balaban J connectivity index is 1.99. The molecule has 2 aliphatic rings. The van der Waals surface area contributed by atoms with Crippen LogP contribution in [0.3, 0.4) is 0 Å². The van der Waals surface area contributed by atoms with Gasteiger partial charge in [0.2, 0.25) is 0 Å². The molecule has 130 valence electrons. The van der Waals surface area contributed by atoms with E-state index in [0.717, 1.165) is 5.70 Å². The minimum absolute atomic E-state index is 0.0225. The fourth-order valence-corrected chi connectivity index (χ4v) is 4.22. The zero-order valence-electron chi connectivity index (χ0n) is 14.0. The number of benzene rings is 1. The highest BCUT2D eigenvalue weighted by atomic mass is 79.9. The molecular formula is C18H17BrFN3O2. The molecule has 7 heteroatoms. The number of anilines is 1. The Morgan fingerprint density at radius 1 is 1.32 bits per heavy atom. The van der Waals surface area contributed by atoms with E-state index in [2.05, 4.69) is 26.3 Å². The van der Waals surface area contributed by atoms with Crippen molar-refractivity contribution >= 4 is 27.5 Å². The smallest absolute Gasteiger partial charge is 0.270 e. The maximum atomic E-state index is 13.7. The van der Waals surface area contributed by atoms with E-state index < -0.39 is 11.3 Å². The van der Waals surface area contributed by atoms with Gasteiger partial charge in [-0.25, -0.2) is 4.39 Å². The van der Waals surface area contributed by atoms with Gasteiger partial charge in [0, 0.05) is 36.1 Å². The second kappa shape index (κ2) is 5.17. The van der Waals surface area contributed by atoms with Crippen molar-refractivity contribution in [1.82, 2.24) is 9.78 Å². The van der Waals surface area contributed by atoms with Gasteiger partial charge in [-0.2, -0.15) is 0 Å². The molecule has 1 aromatic carbocycles. The van der Waals surface area contributed by atoms with Crippen molar-refractivity contribution < 1.29 is 9.18 Å². The van der Waals surface area contributed by atoms with Gasteiger partial charge in [-0.05, 0) is 33.6 Å². The van der Waals surface area contributed by atoms with Crippen LogP contribution >= 0.6 is 15.9 Å². The number of aromatic nitrogens is 2. The van der Waals surface area contributed by atoms with Gasteiger partial charge in [0.15, 0.2) is 5.78 Å². The molecule has 1 aliphatic heterocycles. The standard InChI is InChI=1S/C18H17BrFN3O2/c1-18(2)7-11-13(15(18)24)12(8-4-5-10(20)9(19)6-8)14-16(21-11)23(3)22-17(14)25/h4-6,12,21H,7H2,1-3H3,(H,22,25). The molecular weight excluding hydrogens is 389 g/mol. The summed E-state index contributed by atoms with van der Waals surface area (Å²) < 4.78 is 15.6. The third kappa shape index (κ3) is 2.25. The number of halogens is 2. The number of rotatable bonds is 1. The molecule has 0 saturated heterocycles. The zero-order valence-corrected chi connectivity index (χ0v) is 15.6. The van der Waals surface area contributed by atoms with Crippen molar-refractivity contribution in [2.24, 2.45) is 12.5 Å². The van der Waals surface area contributed by atoms with E-state index >= 15 is 0 Å². The number of carbonyl (C=O) groups is 1. The first-order valence-electron chi connectivity index (χ1n) is 7.99. The second-order valence-corrected chi connectivity index (χ2v) is 8.13. The summed E-state index contributed by atoms with van der Waals surface area (Å²) in [5.74, 6) is -0.219. The van der Waals surface area contributed by atoms with Crippen molar-refractivity contribution in [3.05, 3.63) is 61.2 Å². The summed E-state index contributed by atoms with van der Waals surface area (Å²) >= 11 is 3.20. The number of hydrogen-bond donors (Lipinski definition) is 2. The van der Waals surface area contributed by atoms with Gasteiger partial charge < -0.3 is 5.32 Å². The molecule has 4 rings (SSSR count). The van der Waals surface area contributed by atoms with Gasteiger partial charge in [-0.1, -0.05) is 19.9 Å². The number of aromatic amines is 1. The van der Waals surface area contributed by atoms with E-state index in [1.807, 2.05) is 13.8 Å². The van der Waals surface area contributed by atoms with Crippen molar-refractivity contribution in [1.29, 1.82) is 0 Å². The average Bonchev–Trinajstić information content (AvgIpc) is 2.94. The number of allylic oxidation sites excluding steroid dienone is 2.